The largest absolute Gasteiger partial charge is 0.0991 e. The highest BCUT2D eigenvalue weighted by Gasteiger charge is 1.94. The standard InChI is InChI=1S/C14H16/c1-4-6-7-13(5-2)14-10-8-12(3)9-11-14/h4-11H,1H2,2-3H3/b7-6-,13-5+. The van der Waals surface area contributed by atoms with Crippen LogP contribution in [0.15, 0.2) is 55.1 Å². The van der Waals surface area contributed by atoms with E-state index in [4.69, 9.17) is 0 Å². The van der Waals surface area contributed by atoms with Crippen molar-refractivity contribution in [2.24, 2.45) is 0 Å². The van der Waals surface area contributed by atoms with Gasteiger partial charge in [0.25, 0.3) is 0 Å². The summed E-state index contributed by atoms with van der Waals surface area (Å²) in [5.74, 6) is 0. The van der Waals surface area contributed by atoms with Crippen LogP contribution in [0.4, 0.5) is 0 Å². The van der Waals surface area contributed by atoms with E-state index < -0.39 is 0 Å². The molecule has 14 heavy (non-hydrogen) atoms. The third-order valence-corrected chi connectivity index (χ3v) is 2.11. The SMILES string of the molecule is C=C/C=C\C(=C/C)c1ccc(C)cc1. The first-order chi connectivity index (χ1) is 6.77. The number of benzene rings is 1. The number of hydrogen-bond acceptors (Lipinski definition) is 0. The highest BCUT2D eigenvalue weighted by molar-refractivity contribution is 5.74. The normalized spacial score (nSPS) is 12.0. The molecule has 0 aliphatic heterocycles. The van der Waals surface area contributed by atoms with Gasteiger partial charge in [-0.3, -0.25) is 0 Å². The summed E-state index contributed by atoms with van der Waals surface area (Å²) in [4.78, 5) is 0. The molecule has 72 valence electrons. The van der Waals surface area contributed by atoms with Crippen molar-refractivity contribution in [2.45, 2.75) is 13.8 Å². The minimum absolute atomic E-state index is 1.23. The molecular weight excluding hydrogens is 168 g/mol. The third kappa shape index (κ3) is 2.74. The zero-order valence-electron chi connectivity index (χ0n) is 8.83. The summed E-state index contributed by atoms with van der Waals surface area (Å²) in [6.45, 7) is 7.80. The molecule has 0 radical (unpaired) electrons. The quantitative estimate of drug-likeness (QED) is 0.619. The molecule has 0 amide bonds. The lowest BCUT2D eigenvalue weighted by atomic mass is 10.0. The molecule has 0 nitrogen and oxygen atoms in total. The van der Waals surface area contributed by atoms with Crippen LogP contribution < -0.4 is 0 Å². The Hall–Kier alpha value is -1.56. The molecule has 0 heteroatoms. The van der Waals surface area contributed by atoms with Crippen LogP contribution in [0.5, 0.6) is 0 Å². The molecule has 0 fully saturated rings. The topological polar surface area (TPSA) is 0 Å². The Balaban J connectivity index is 2.96. The minimum Gasteiger partial charge on any atom is -0.0991 e. The van der Waals surface area contributed by atoms with Gasteiger partial charge in [0, 0.05) is 0 Å². The van der Waals surface area contributed by atoms with E-state index in [1.165, 1.54) is 16.7 Å². The molecule has 1 rings (SSSR count). The molecule has 0 aromatic heterocycles. The second-order valence-electron chi connectivity index (χ2n) is 3.20. The minimum atomic E-state index is 1.23. The number of aryl methyl sites for hydroxylation is 1. The summed E-state index contributed by atoms with van der Waals surface area (Å²) >= 11 is 0. The van der Waals surface area contributed by atoms with Gasteiger partial charge in [-0.2, -0.15) is 0 Å². The molecule has 0 saturated carbocycles. The van der Waals surface area contributed by atoms with E-state index in [1.54, 1.807) is 6.08 Å². The fourth-order valence-corrected chi connectivity index (χ4v) is 1.28. The predicted molar refractivity (Wildman–Crippen MR) is 64.2 cm³/mol. The monoisotopic (exact) mass is 184 g/mol. The highest BCUT2D eigenvalue weighted by atomic mass is 14.0. The zero-order valence-corrected chi connectivity index (χ0v) is 8.83. The Labute approximate surface area is 86.3 Å². The summed E-state index contributed by atoms with van der Waals surface area (Å²) in [5, 5.41) is 0. The molecular formula is C14H16. The molecule has 0 N–H and O–H groups in total. The summed E-state index contributed by atoms with van der Waals surface area (Å²) in [5.41, 5.74) is 3.76. The summed E-state index contributed by atoms with van der Waals surface area (Å²) in [7, 11) is 0. The molecule has 0 atom stereocenters. The van der Waals surface area contributed by atoms with Crippen molar-refractivity contribution in [1.29, 1.82) is 0 Å². The Morgan fingerprint density at radius 2 is 1.86 bits per heavy atom. The van der Waals surface area contributed by atoms with Crippen molar-refractivity contribution < 1.29 is 0 Å². The van der Waals surface area contributed by atoms with Gasteiger partial charge in [-0.25, -0.2) is 0 Å². The Morgan fingerprint density at radius 1 is 1.21 bits per heavy atom. The van der Waals surface area contributed by atoms with Crippen LogP contribution in [0, 0.1) is 6.92 Å². The number of rotatable bonds is 3. The third-order valence-electron chi connectivity index (χ3n) is 2.11. The first-order valence-corrected chi connectivity index (χ1v) is 4.80. The predicted octanol–water partition coefficient (Wildman–Crippen LogP) is 4.14. The van der Waals surface area contributed by atoms with E-state index in [-0.39, 0.29) is 0 Å². The summed E-state index contributed by atoms with van der Waals surface area (Å²) in [6, 6.07) is 8.53. The van der Waals surface area contributed by atoms with Crippen LogP contribution in [0.2, 0.25) is 0 Å². The van der Waals surface area contributed by atoms with Crippen molar-refractivity contribution >= 4 is 5.57 Å². The number of hydrogen-bond donors (Lipinski definition) is 0. The van der Waals surface area contributed by atoms with E-state index in [9.17, 15) is 0 Å². The van der Waals surface area contributed by atoms with Crippen molar-refractivity contribution in [2.75, 3.05) is 0 Å². The number of allylic oxidation sites excluding steroid dienone is 5. The molecule has 1 aromatic rings. The van der Waals surface area contributed by atoms with E-state index >= 15 is 0 Å². The fourth-order valence-electron chi connectivity index (χ4n) is 1.28. The van der Waals surface area contributed by atoms with Gasteiger partial charge in [0.05, 0.1) is 0 Å². The van der Waals surface area contributed by atoms with Gasteiger partial charge in [0.1, 0.15) is 0 Å². The first-order valence-electron chi connectivity index (χ1n) is 4.80. The molecule has 0 heterocycles. The van der Waals surface area contributed by atoms with Crippen LogP contribution in [-0.2, 0) is 0 Å². The van der Waals surface area contributed by atoms with Crippen molar-refractivity contribution in [3.63, 3.8) is 0 Å². The Kier molecular flexibility index (Phi) is 3.93. The van der Waals surface area contributed by atoms with Gasteiger partial charge in [-0.15, -0.1) is 0 Å². The van der Waals surface area contributed by atoms with Gasteiger partial charge in [-0.05, 0) is 25.0 Å². The molecule has 0 aliphatic carbocycles. The maximum absolute atomic E-state index is 3.66. The van der Waals surface area contributed by atoms with E-state index in [1.807, 2.05) is 13.0 Å². The van der Waals surface area contributed by atoms with E-state index in [0.29, 0.717) is 0 Å². The second kappa shape index (κ2) is 5.23. The molecule has 0 spiro atoms. The fraction of sp³-hybridized carbons (Fsp3) is 0.143. The first kappa shape index (κ1) is 10.5. The molecule has 0 aliphatic rings. The van der Waals surface area contributed by atoms with Crippen molar-refractivity contribution in [1.82, 2.24) is 0 Å². The maximum atomic E-state index is 3.66. The Morgan fingerprint density at radius 3 is 2.36 bits per heavy atom. The lowest BCUT2D eigenvalue weighted by Gasteiger charge is -2.01. The molecule has 1 aromatic carbocycles. The van der Waals surface area contributed by atoms with Crippen LogP contribution in [-0.4, -0.2) is 0 Å². The molecule has 0 unspecified atom stereocenters. The lowest BCUT2D eigenvalue weighted by molar-refractivity contribution is 1.45. The van der Waals surface area contributed by atoms with Crippen LogP contribution in [0.25, 0.3) is 5.57 Å². The smallest absolute Gasteiger partial charge is 0.0187 e. The van der Waals surface area contributed by atoms with Gasteiger partial charge < -0.3 is 0 Å². The summed E-state index contributed by atoms with van der Waals surface area (Å²) < 4.78 is 0. The molecule has 0 saturated heterocycles. The van der Waals surface area contributed by atoms with Crippen LogP contribution in [0.3, 0.4) is 0 Å². The van der Waals surface area contributed by atoms with Gasteiger partial charge >= 0.3 is 0 Å². The Bertz CT molecular complexity index is 350. The van der Waals surface area contributed by atoms with E-state index in [0.717, 1.165) is 0 Å². The van der Waals surface area contributed by atoms with Gasteiger partial charge in [-0.1, -0.05) is 60.7 Å². The van der Waals surface area contributed by atoms with E-state index in [2.05, 4.69) is 49.9 Å². The van der Waals surface area contributed by atoms with Gasteiger partial charge in [0.15, 0.2) is 0 Å². The van der Waals surface area contributed by atoms with Crippen molar-refractivity contribution in [3.05, 3.63) is 66.3 Å². The van der Waals surface area contributed by atoms with Crippen molar-refractivity contribution in [3.8, 4) is 0 Å². The average Bonchev–Trinajstić information content (AvgIpc) is 2.21. The van der Waals surface area contributed by atoms with Gasteiger partial charge in [0.2, 0.25) is 0 Å². The highest BCUT2D eigenvalue weighted by Crippen LogP contribution is 2.16. The maximum Gasteiger partial charge on any atom is -0.0187 e. The summed E-state index contributed by atoms with van der Waals surface area (Å²) in [6.07, 6.45) is 7.91. The lowest BCUT2D eigenvalue weighted by Crippen LogP contribution is -1.80. The zero-order chi connectivity index (χ0) is 10.4. The second-order valence-corrected chi connectivity index (χ2v) is 3.20. The van der Waals surface area contributed by atoms with Crippen LogP contribution in [0.1, 0.15) is 18.1 Å². The molecule has 0 bridgehead atoms. The van der Waals surface area contributed by atoms with Crippen LogP contribution >= 0.6 is 0 Å². The average molecular weight is 184 g/mol.